The first-order valence-electron chi connectivity index (χ1n) is 5.97. The smallest absolute Gasteiger partial charge is 0.0544 e. The van der Waals surface area contributed by atoms with Crippen LogP contribution in [0.5, 0.6) is 0 Å². The molecule has 2 nitrogen and oxygen atoms in total. The summed E-state index contributed by atoms with van der Waals surface area (Å²) < 4.78 is 1.23. The number of hydrogen-bond donors (Lipinski definition) is 1. The maximum absolute atomic E-state index is 3.68. The zero-order valence-corrected chi connectivity index (χ0v) is 11.1. The number of hydrogen-bond acceptors (Lipinski definition) is 2. The Morgan fingerprint density at radius 2 is 2.31 bits per heavy atom. The Morgan fingerprint density at radius 1 is 1.44 bits per heavy atom. The number of fused-ring (bicyclic) bond motifs is 3. The van der Waals surface area contributed by atoms with Crippen LogP contribution < -0.4 is 10.2 Å². The molecule has 0 aromatic heterocycles. The van der Waals surface area contributed by atoms with Gasteiger partial charge in [0.2, 0.25) is 0 Å². The lowest BCUT2D eigenvalue weighted by Gasteiger charge is -2.42. The molecule has 1 aromatic carbocycles. The van der Waals surface area contributed by atoms with Gasteiger partial charge < -0.3 is 10.2 Å². The van der Waals surface area contributed by atoms with E-state index in [2.05, 4.69) is 51.4 Å². The second kappa shape index (κ2) is 4.04. The summed E-state index contributed by atoms with van der Waals surface area (Å²) >= 11 is 3.68. The fraction of sp³-hybridized carbons (Fsp3) is 0.538. The summed E-state index contributed by atoms with van der Waals surface area (Å²) in [5, 5.41) is 3.53. The summed E-state index contributed by atoms with van der Waals surface area (Å²) in [4.78, 5) is 2.41. The average Bonchev–Trinajstić information content (AvgIpc) is 2.29. The first-order valence-corrected chi connectivity index (χ1v) is 6.77. The molecule has 2 heterocycles. The van der Waals surface area contributed by atoms with E-state index in [1.54, 1.807) is 0 Å². The Morgan fingerprint density at radius 3 is 3.19 bits per heavy atom. The predicted octanol–water partition coefficient (Wildman–Crippen LogP) is 2.59. The molecule has 2 unspecified atom stereocenters. The third-order valence-electron chi connectivity index (χ3n) is 3.93. The van der Waals surface area contributed by atoms with E-state index in [0.717, 1.165) is 12.5 Å². The van der Waals surface area contributed by atoms with Crippen LogP contribution in [-0.4, -0.2) is 26.7 Å². The molecule has 0 aliphatic carbocycles. The highest BCUT2D eigenvalue weighted by Crippen LogP contribution is 2.43. The van der Waals surface area contributed by atoms with Gasteiger partial charge in [0.1, 0.15) is 0 Å². The van der Waals surface area contributed by atoms with Crippen molar-refractivity contribution < 1.29 is 0 Å². The Labute approximate surface area is 105 Å². The molecule has 16 heavy (non-hydrogen) atoms. The largest absolute Gasteiger partial charge is 0.373 e. The molecular formula is C13H17BrN2. The van der Waals surface area contributed by atoms with E-state index in [4.69, 9.17) is 0 Å². The normalized spacial score (nSPS) is 28.5. The number of piperidine rings is 1. The second-order valence-corrected chi connectivity index (χ2v) is 5.77. The topological polar surface area (TPSA) is 15.3 Å². The quantitative estimate of drug-likeness (QED) is 0.786. The molecule has 0 radical (unpaired) electrons. The van der Waals surface area contributed by atoms with Crippen molar-refractivity contribution in [3.05, 3.63) is 28.2 Å². The van der Waals surface area contributed by atoms with Crippen molar-refractivity contribution in [3.63, 3.8) is 0 Å². The number of anilines is 1. The van der Waals surface area contributed by atoms with Crippen LogP contribution >= 0.6 is 15.9 Å². The van der Waals surface area contributed by atoms with E-state index in [9.17, 15) is 0 Å². The molecule has 2 aliphatic rings. The van der Waals surface area contributed by atoms with E-state index >= 15 is 0 Å². The summed E-state index contributed by atoms with van der Waals surface area (Å²) in [5.74, 6) is 1.53. The molecule has 1 N–H and O–H groups in total. The average molecular weight is 281 g/mol. The van der Waals surface area contributed by atoms with Crippen molar-refractivity contribution in [1.82, 2.24) is 5.32 Å². The molecule has 2 aliphatic heterocycles. The molecule has 86 valence electrons. The van der Waals surface area contributed by atoms with Crippen LogP contribution in [0.2, 0.25) is 0 Å². The Balaban J connectivity index is 2.08. The molecule has 2 atom stereocenters. The third kappa shape index (κ3) is 1.57. The summed E-state index contributed by atoms with van der Waals surface area (Å²) in [6.07, 6.45) is 1.31. The number of nitrogens with one attached hydrogen (secondary N) is 1. The minimum Gasteiger partial charge on any atom is -0.373 e. The lowest BCUT2D eigenvalue weighted by molar-refractivity contribution is 0.316. The van der Waals surface area contributed by atoms with Crippen molar-refractivity contribution in [3.8, 4) is 0 Å². The SMILES string of the molecule is CN1CC2CCNCC2c2cccc(Br)c21. The van der Waals surface area contributed by atoms with Crippen LogP contribution in [-0.2, 0) is 0 Å². The zero-order chi connectivity index (χ0) is 11.1. The predicted molar refractivity (Wildman–Crippen MR) is 71.1 cm³/mol. The number of rotatable bonds is 0. The minimum atomic E-state index is 0.706. The van der Waals surface area contributed by atoms with Crippen molar-refractivity contribution in [2.24, 2.45) is 5.92 Å². The number of halogens is 1. The molecular weight excluding hydrogens is 264 g/mol. The summed E-state index contributed by atoms with van der Waals surface area (Å²) in [7, 11) is 2.21. The Bertz CT molecular complexity index is 405. The second-order valence-electron chi connectivity index (χ2n) is 4.92. The zero-order valence-electron chi connectivity index (χ0n) is 9.54. The van der Waals surface area contributed by atoms with E-state index in [-0.39, 0.29) is 0 Å². The van der Waals surface area contributed by atoms with Gasteiger partial charge in [0.25, 0.3) is 0 Å². The Kier molecular flexibility index (Phi) is 2.68. The summed E-state index contributed by atoms with van der Waals surface area (Å²) in [6, 6.07) is 6.60. The van der Waals surface area contributed by atoms with Crippen molar-refractivity contribution in [1.29, 1.82) is 0 Å². The first kappa shape index (κ1) is 10.6. The van der Waals surface area contributed by atoms with Gasteiger partial charge in [-0.3, -0.25) is 0 Å². The van der Waals surface area contributed by atoms with Gasteiger partial charge in [-0.2, -0.15) is 0 Å². The standard InChI is InChI=1S/C13H17BrN2/c1-16-8-9-5-6-15-7-11(9)10-3-2-4-12(14)13(10)16/h2-4,9,11,15H,5-8H2,1H3. The van der Waals surface area contributed by atoms with Crippen molar-refractivity contribution in [2.45, 2.75) is 12.3 Å². The van der Waals surface area contributed by atoms with Gasteiger partial charge in [-0.25, -0.2) is 0 Å². The molecule has 3 rings (SSSR count). The van der Waals surface area contributed by atoms with Gasteiger partial charge in [0.15, 0.2) is 0 Å². The van der Waals surface area contributed by atoms with Crippen LogP contribution in [0.15, 0.2) is 22.7 Å². The van der Waals surface area contributed by atoms with Crippen LogP contribution in [0.25, 0.3) is 0 Å². The molecule has 0 saturated carbocycles. The molecule has 3 heteroatoms. The van der Waals surface area contributed by atoms with Gasteiger partial charge in [-0.1, -0.05) is 12.1 Å². The molecule has 0 amide bonds. The molecule has 1 aromatic rings. The van der Waals surface area contributed by atoms with E-state index in [1.165, 1.54) is 35.2 Å². The van der Waals surface area contributed by atoms with Crippen LogP contribution in [0.3, 0.4) is 0 Å². The van der Waals surface area contributed by atoms with Gasteiger partial charge in [0, 0.05) is 30.5 Å². The molecule has 0 spiro atoms. The highest BCUT2D eigenvalue weighted by atomic mass is 79.9. The monoisotopic (exact) mass is 280 g/mol. The summed E-state index contributed by atoms with van der Waals surface area (Å²) in [5.41, 5.74) is 2.91. The van der Waals surface area contributed by atoms with Crippen LogP contribution in [0, 0.1) is 5.92 Å². The minimum absolute atomic E-state index is 0.706. The lowest BCUT2D eigenvalue weighted by atomic mass is 9.78. The third-order valence-corrected chi connectivity index (χ3v) is 4.57. The maximum Gasteiger partial charge on any atom is 0.0544 e. The highest BCUT2D eigenvalue weighted by molar-refractivity contribution is 9.10. The fourth-order valence-corrected chi connectivity index (χ4v) is 3.86. The number of benzene rings is 1. The van der Waals surface area contributed by atoms with E-state index in [1.807, 2.05) is 0 Å². The highest BCUT2D eigenvalue weighted by Gasteiger charge is 2.34. The lowest BCUT2D eigenvalue weighted by Crippen LogP contribution is -2.44. The van der Waals surface area contributed by atoms with Gasteiger partial charge >= 0.3 is 0 Å². The number of nitrogens with zero attached hydrogens (tertiary/aromatic N) is 1. The van der Waals surface area contributed by atoms with E-state index < -0.39 is 0 Å². The van der Waals surface area contributed by atoms with Gasteiger partial charge in [-0.15, -0.1) is 0 Å². The molecule has 1 saturated heterocycles. The fourth-order valence-electron chi connectivity index (χ4n) is 3.17. The maximum atomic E-state index is 3.68. The van der Waals surface area contributed by atoms with Crippen LogP contribution in [0.4, 0.5) is 5.69 Å². The molecule has 0 bridgehead atoms. The Hall–Kier alpha value is -0.540. The van der Waals surface area contributed by atoms with E-state index in [0.29, 0.717) is 5.92 Å². The van der Waals surface area contributed by atoms with Crippen LogP contribution in [0.1, 0.15) is 17.9 Å². The first-order chi connectivity index (χ1) is 7.77. The molecule has 1 fully saturated rings. The number of para-hydroxylation sites is 1. The van der Waals surface area contributed by atoms with Gasteiger partial charge in [0.05, 0.1) is 5.69 Å². The summed E-state index contributed by atoms with van der Waals surface area (Å²) in [6.45, 7) is 3.52. The van der Waals surface area contributed by atoms with Crippen molar-refractivity contribution >= 4 is 21.6 Å². The van der Waals surface area contributed by atoms with Crippen molar-refractivity contribution in [2.75, 3.05) is 31.6 Å². The van der Waals surface area contributed by atoms with Gasteiger partial charge in [-0.05, 0) is 46.4 Å².